The van der Waals surface area contributed by atoms with Crippen LogP contribution >= 0.6 is 0 Å². The maximum atomic E-state index is 12.7. The van der Waals surface area contributed by atoms with Crippen molar-refractivity contribution in [3.8, 4) is 0 Å². The minimum absolute atomic E-state index is 0.00308. The van der Waals surface area contributed by atoms with Gasteiger partial charge in [-0.1, -0.05) is 43.7 Å². The van der Waals surface area contributed by atoms with E-state index in [-0.39, 0.29) is 17.7 Å². The van der Waals surface area contributed by atoms with E-state index in [0.29, 0.717) is 5.56 Å². The molecule has 0 bridgehead atoms. The van der Waals surface area contributed by atoms with Gasteiger partial charge in [0.1, 0.15) is 0 Å². The summed E-state index contributed by atoms with van der Waals surface area (Å²) in [5.41, 5.74) is 2.44. The Bertz CT molecular complexity index is 734. The van der Waals surface area contributed by atoms with Gasteiger partial charge < -0.3 is 10.2 Å². The molecule has 0 saturated carbocycles. The Hall–Kier alpha value is -2.62. The summed E-state index contributed by atoms with van der Waals surface area (Å²) in [4.78, 5) is 27.0. The van der Waals surface area contributed by atoms with Crippen molar-refractivity contribution < 1.29 is 9.59 Å². The molecule has 4 heteroatoms. The molecule has 26 heavy (non-hydrogen) atoms. The molecule has 1 N–H and O–H groups in total. The van der Waals surface area contributed by atoms with Crippen LogP contribution in [0.4, 0.5) is 5.69 Å². The van der Waals surface area contributed by atoms with Gasteiger partial charge in [0, 0.05) is 24.3 Å². The summed E-state index contributed by atoms with van der Waals surface area (Å²) in [7, 11) is 0. The lowest BCUT2D eigenvalue weighted by molar-refractivity contribution is -0.117. The Morgan fingerprint density at radius 1 is 1.00 bits per heavy atom. The van der Waals surface area contributed by atoms with Gasteiger partial charge in [-0.3, -0.25) is 9.59 Å². The molecule has 0 unspecified atom stereocenters. The number of likely N-dealkylation sites (tertiary alicyclic amines) is 1. The van der Waals surface area contributed by atoms with Gasteiger partial charge in [0.15, 0.2) is 0 Å². The molecule has 1 aliphatic heterocycles. The smallest absolute Gasteiger partial charge is 0.253 e. The van der Waals surface area contributed by atoms with Crippen molar-refractivity contribution in [2.45, 2.75) is 38.5 Å². The molecule has 0 aliphatic carbocycles. The van der Waals surface area contributed by atoms with Crippen LogP contribution in [0, 0.1) is 0 Å². The van der Waals surface area contributed by atoms with Gasteiger partial charge >= 0.3 is 0 Å². The van der Waals surface area contributed by atoms with Crippen molar-refractivity contribution >= 4 is 17.5 Å². The monoisotopic (exact) mass is 350 g/mol. The van der Waals surface area contributed by atoms with Crippen molar-refractivity contribution in [2.24, 2.45) is 0 Å². The highest BCUT2D eigenvalue weighted by Gasteiger charge is 2.21. The lowest BCUT2D eigenvalue weighted by Crippen LogP contribution is -2.27. The highest BCUT2D eigenvalue weighted by Crippen LogP contribution is 2.23. The van der Waals surface area contributed by atoms with E-state index in [1.807, 2.05) is 47.4 Å². The Kier molecular flexibility index (Phi) is 6.05. The second kappa shape index (κ2) is 8.65. The summed E-state index contributed by atoms with van der Waals surface area (Å²) < 4.78 is 0. The highest BCUT2D eigenvalue weighted by molar-refractivity contribution is 5.97. The molecule has 1 heterocycles. The lowest BCUT2D eigenvalue weighted by Gasteiger charge is -2.17. The predicted molar refractivity (Wildman–Crippen MR) is 104 cm³/mol. The maximum Gasteiger partial charge on any atom is 0.253 e. The average molecular weight is 350 g/mol. The molecular formula is C22H26N2O2. The summed E-state index contributed by atoms with van der Waals surface area (Å²) in [5, 5.41) is 3.00. The molecule has 2 amide bonds. The van der Waals surface area contributed by atoms with Crippen LogP contribution in [0.2, 0.25) is 0 Å². The zero-order valence-electron chi connectivity index (χ0n) is 15.3. The maximum absolute atomic E-state index is 12.7. The molecule has 136 valence electrons. The normalized spacial score (nSPS) is 14.9. The number of carbonyl (C=O) groups is 2. The third kappa shape index (κ3) is 4.31. The fourth-order valence-corrected chi connectivity index (χ4v) is 3.45. The minimum atomic E-state index is -0.160. The van der Waals surface area contributed by atoms with Crippen LogP contribution < -0.4 is 5.32 Å². The summed E-state index contributed by atoms with van der Waals surface area (Å²) in [6, 6.07) is 17.1. The molecule has 2 aromatic rings. The van der Waals surface area contributed by atoms with Crippen LogP contribution in [0.1, 0.15) is 54.4 Å². The van der Waals surface area contributed by atoms with Crippen LogP contribution in [0.3, 0.4) is 0 Å². The van der Waals surface area contributed by atoms with E-state index in [2.05, 4.69) is 12.2 Å². The summed E-state index contributed by atoms with van der Waals surface area (Å²) in [6.45, 7) is 3.77. The number of anilines is 1. The fraction of sp³-hybridized carbons (Fsp3) is 0.364. The van der Waals surface area contributed by atoms with Crippen LogP contribution in [-0.2, 0) is 4.79 Å². The Labute approximate surface area is 155 Å². The number of carbonyl (C=O) groups excluding carboxylic acids is 2. The van der Waals surface area contributed by atoms with Crippen molar-refractivity contribution in [1.29, 1.82) is 0 Å². The number of nitrogens with one attached hydrogen (secondary N) is 1. The minimum Gasteiger partial charge on any atom is -0.339 e. The number of amides is 2. The summed E-state index contributed by atoms with van der Waals surface area (Å²) in [6.07, 6.45) is 3.91. The van der Waals surface area contributed by atoms with Crippen molar-refractivity contribution in [3.63, 3.8) is 0 Å². The number of hydrogen-bond donors (Lipinski definition) is 1. The second-order valence-electron chi connectivity index (χ2n) is 6.82. The van der Waals surface area contributed by atoms with Crippen LogP contribution in [0.5, 0.6) is 0 Å². The second-order valence-corrected chi connectivity index (χ2v) is 6.82. The standard InChI is InChI=1S/C22H26N2O2/c1-2-8-20(17-9-4-3-5-10-17)21(25)23-19-13-11-18(12-14-19)22(26)24-15-6-7-16-24/h3-5,9-14,20H,2,6-8,15-16H2,1H3,(H,23,25)/t20-/m1/s1. The molecule has 1 atom stereocenters. The van der Waals surface area contributed by atoms with E-state index in [4.69, 9.17) is 0 Å². The first-order valence-corrected chi connectivity index (χ1v) is 9.44. The first-order chi connectivity index (χ1) is 12.7. The molecule has 1 fully saturated rings. The van der Waals surface area contributed by atoms with Gasteiger partial charge in [0.25, 0.3) is 5.91 Å². The molecule has 4 nitrogen and oxygen atoms in total. The van der Waals surface area contributed by atoms with Crippen molar-refractivity contribution in [2.75, 3.05) is 18.4 Å². The van der Waals surface area contributed by atoms with Crippen LogP contribution in [0.15, 0.2) is 54.6 Å². The molecule has 3 rings (SSSR count). The van der Waals surface area contributed by atoms with E-state index >= 15 is 0 Å². The van der Waals surface area contributed by atoms with Gasteiger partial charge in [0.2, 0.25) is 5.91 Å². The Morgan fingerprint density at radius 3 is 2.27 bits per heavy atom. The number of hydrogen-bond acceptors (Lipinski definition) is 2. The largest absolute Gasteiger partial charge is 0.339 e. The third-order valence-electron chi connectivity index (χ3n) is 4.89. The molecule has 1 aliphatic rings. The van der Waals surface area contributed by atoms with Crippen molar-refractivity contribution in [3.05, 3.63) is 65.7 Å². The van der Waals surface area contributed by atoms with Gasteiger partial charge in [-0.25, -0.2) is 0 Å². The Morgan fingerprint density at radius 2 is 1.65 bits per heavy atom. The number of rotatable bonds is 6. The quantitative estimate of drug-likeness (QED) is 0.837. The molecule has 0 radical (unpaired) electrons. The third-order valence-corrected chi connectivity index (χ3v) is 4.89. The number of benzene rings is 2. The van der Waals surface area contributed by atoms with E-state index in [1.54, 1.807) is 12.1 Å². The first-order valence-electron chi connectivity index (χ1n) is 9.44. The highest BCUT2D eigenvalue weighted by atomic mass is 16.2. The first kappa shape index (κ1) is 18.2. The molecule has 0 spiro atoms. The van der Waals surface area contributed by atoms with E-state index in [0.717, 1.165) is 50.0 Å². The van der Waals surface area contributed by atoms with Crippen molar-refractivity contribution in [1.82, 2.24) is 4.90 Å². The van der Waals surface area contributed by atoms with E-state index < -0.39 is 0 Å². The SMILES string of the molecule is CCC[C@@H](C(=O)Nc1ccc(C(=O)N2CCCC2)cc1)c1ccccc1. The van der Waals surface area contributed by atoms with Crippen LogP contribution in [-0.4, -0.2) is 29.8 Å². The molecule has 1 saturated heterocycles. The van der Waals surface area contributed by atoms with Gasteiger partial charge in [-0.15, -0.1) is 0 Å². The lowest BCUT2D eigenvalue weighted by atomic mass is 9.93. The predicted octanol–water partition coefficient (Wildman–Crippen LogP) is 4.45. The molecular weight excluding hydrogens is 324 g/mol. The molecule has 2 aromatic carbocycles. The zero-order valence-corrected chi connectivity index (χ0v) is 15.3. The van der Waals surface area contributed by atoms with Gasteiger partial charge in [-0.2, -0.15) is 0 Å². The zero-order chi connectivity index (χ0) is 18.4. The topological polar surface area (TPSA) is 49.4 Å². The summed E-state index contributed by atoms with van der Waals surface area (Å²) >= 11 is 0. The van der Waals surface area contributed by atoms with Crippen LogP contribution in [0.25, 0.3) is 0 Å². The van der Waals surface area contributed by atoms with Gasteiger partial charge in [0.05, 0.1) is 5.92 Å². The Balaban J connectivity index is 1.67. The van der Waals surface area contributed by atoms with Gasteiger partial charge in [-0.05, 0) is 49.1 Å². The molecule has 0 aromatic heterocycles. The van der Waals surface area contributed by atoms with E-state index in [9.17, 15) is 9.59 Å². The summed E-state index contributed by atoms with van der Waals surface area (Å²) in [5.74, 6) is -0.0858. The van der Waals surface area contributed by atoms with E-state index in [1.165, 1.54) is 0 Å². The number of nitrogens with zero attached hydrogens (tertiary/aromatic N) is 1. The average Bonchev–Trinajstić information content (AvgIpc) is 3.21. The fourth-order valence-electron chi connectivity index (χ4n) is 3.45.